The maximum absolute atomic E-state index is 13.2. The summed E-state index contributed by atoms with van der Waals surface area (Å²) in [6.07, 6.45) is 2.06. The Hall–Kier alpha value is -2.66. The van der Waals surface area contributed by atoms with Crippen LogP contribution < -0.4 is 11.2 Å². The van der Waals surface area contributed by atoms with E-state index < -0.39 is 0 Å². The lowest BCUT2D eigenvalue weighted by molar-refractivity contribution is 0.0482. The third-order valence-corrected chi connectivity index (χ3v) is 5.01. The maximum Gasteiger partial charge on any atom is 0.331 e. The van der Waals surface area contributed by atoms with E-state index in [0.29, 0.717) is 30.0 Å². The SMILES string of the molecule is O=c1c2ccccc2n(CC2CCCOC2)c(=O)n1Cc1ccccc1. The van der Waals surface area contributed by atoms with Crippen molar-refractivity contribution in [3.05, 3.63) is 81.0 Å². The van der Waals surface area contributed by atoms with Crippen LogP contribution in [0.15, 0.2) is 64.2 Å². The molecule has 1 unspecified atom stereocenters. The fourth-order valence-electron chi connectivity index (χ4n) is 3.66. The molecule has 2 aromatic carbocycles. The van der Waals surface area contributed by atoms with Crippen molar-refractivity contribution in [1.82, 2.24) is 9.13 Å². The van der Waals surface area contributed by atoms with Crippen LogP contribution in [0.3, 0.4) is 0 Å². The molecule has 0 radical (unpaired) electrons. The molecule has 1 saturated heterocycles. The molecule has 5 nitrogen and oxygen atoms in total. The minimum Gasteiger partial charge on any atom is -0.381 e. The van der Waals surface area contributed by atoms with Gasteiger partial charge in [-0.25, -0.2) is 4.79 Å². The number of aromatic nitrogens is 2. The molecule has 134 valence electrons. The lowest BCUT2D eigenvalue weighted by Crippen LogP contribution is -2.41. The van der Waals surface area contributed by atoms with Crippen molar-refractivity contribution in [2.45, 2.75) is 25.9 Å². The summed E-state index contributed by atoms with van der Waals surface area (Å²) in [7, 11) is 0. The molecule has 0 saturated carbocycles. The molecular formula is C21H22N2O3. The highest BCUT2D eigenvalue weighted by Gasteiger charge is 2.19. The van der Waals surface area contributed by atoms with E-state index in [1.807, 2.05) is 48.5 Å². The molecule has 4 rings (SSSR count). The Morgan fingerprint density at radius 1 is 0.962 bits per heavy atom. The van der Waals surface area contributed by atoms with Crippen molar-refractivity contribution >= 4 is 10.9 Å². The lowest BCUT2D eigenvalue weighted by Gasteiger charge is -2.24. The van der Waals surface area contributed by atoms with Crippen molar-refractivity contribution in [2.24, 2.45) is 5.92 Å². The quantitative estimate of drug-likeness (QED) is 0.727. The Balaban J connectivity index is 1.84. The van der Waals surface area contributed by atoms with Crippen LogP contribution in [0.25, 0.3) is 10.9 Å². The third kappa shape index (κ3) is 3.22. The van der Waals surface area contributed by atoms with Crippen LogP contribution >= 0.6 is 0 Å². The highest BCUT2D eigenvalue weighted by molar-refractivity contribution is 5.77. The standard InChI is InChI=1S/C21H22N2O3/c24-20-18-10-4-5-11-19(18)22(14-17-9-6-12-26-15-17)21(25)23(20)13-16-7-2-1-3-8-16/h1-5,7-8,10-11,17H,6,9,12-15H2. The van der Waals surface area contributed by atoms with Crippen molar-refractivity contribution < 1.29 is 4.74 Å². The third-order valence-electron chi connectivity index (χ3n) is 5.01. The number of rotatable bonds is 4. The molecule has 1 fully saturated rings. The van der Waals surface area contributed by atoms with E-state index in [4.69, 9.17) is 4.74 Å². The zero-order chi connectivity index (χ0) is 17.9. The molecule has 0 amide bonds. The second-order valence-electron chi connectivity index (χ2n) is 6.87. The van der Waals surface area contributed by atoms with Crippen molar-refractivity contribution in [1.29, 1.82) is 0 Å². The van der Waals surface area contributed by atoms with Crippen molar-refractivity contribution in [3.8, 4) is 0 Å². The van der Waals surface area contributed by atoms with Crippen LogP contribution in [0.5, 0.6) is 0 Å². The molecule has 0 spiro atoms. The Morgan fingerprint density at radius 2 is 1.73 bits per heavy atom. The Bertz CT molecular complexity index is 1010. The summed E-state index contributed by atoms with van der Waals surface area (Å²) in [6, 6.07) is 17.0. The first kappa shape index (κ1) is 16.8. The molecule has 3 aromatic rings. The van der Waals surface area contributed by atoms with Gasteiger partial charge in [0.15, 0.2) is 0 Å². The van der Waals surface area contributed by atoms with Crippen LogP contribution in [-0.4, -0.2) is 22.3 Å². The first-order valence-electron chi connectivity index (χ1n) is 9.08. The van der Waals surface area contributed by atoms with Gasteiger partial charge in [0, 0.05) is 19.1 Å². The molecule has 5 heteroatoms. The van der Waals surface area contributed by atoms with Gasteiger partial charge in [-0.15, -0.1) is 0 Å². The van der Waals surface area contributed by atoms with Crippen LogP contribution in [-0.2, 0) is 17.8 Å². The van der Waals surface area contributed by atoms with Crippen LogP contribution in [0, 0.1) is 5.92 Å². The van der Waals surface area contributed by atoms with E-state index in [1.54, 1.807) is 10.6 Å². The predicted molar refractivity (Wildman–Crippen MR) is 102 cm³/mol. The Morgan fingerprint density at radius 3 is 2.50 bits per heavy atom. The van der Waals surface area contributed by atoms with E-state index in [2.05, 4.69) is 0 Å². The van der Waals surface area contributed by atoms with Crippen LogP contribution in [0.1, 0.15) is 18.4 Å². The normalized spacial score (nSPS) is 17.5. The molecule has 0 aliphatic carbocycles. The second kappa shape index (κ2) is 7.30. The van der Waals surface area contributed by atoms with Crippen LogP contribution in [0.4, 0.5) is 0 Å². The van der Waals surface area contributed by atoms with Gasteiger partial charge in [-0.1, -0.05) is 42.5 Å². The molecule has 0 N–H and O–H groups in total. The average molecular weight is 350 g/mol. The first-order valence-corrected chi connectivity index (χ1v) is 9.08. The molecule has 1 aliphatic heterocycles. The van der Waals surface area contributed by atoms with Crippen LogP contribution in [0.2, 0.25) is 0 Å². The van der Waals surface area contributed by atoms with Gasteiger partial charge in [0.05, 0.1) is 24.1 Å². The van der Waals surface area contributed by atoms with Gasteiger partial charge in [0.25, 0.3) is 5.56 Å². The summed E-state index contributed by atoms with van der Waals surface area (Å²) in [4.78, 5) is 26.1. The summed E-state index contributed by atoms with van der Waals surface area (Å²) in [6.45, 7) is 2.32. The Labute approximate surface area is 151 Å². The van der Waals surface area contributed by atoms with E-state index in [9.17, 15) is 9.59 Å². The minimum atomic E-state index is -0.247. The predicted octanol–water partition coefficient (Wildman–Crippen LogP) is 2.64. The molecular weight excluding hydrogens is 328 g/mol. The van der Waals surface area contributed by atoms with E-state index >= 15 is 0 Å². The molecule has 1 atom stereocenters. The van der Waals surface area contributed by atoms with E-state index in [-0.39, 0.29) is 17.8 Å². The molecule has 1 aliphatic rings. The zero-order valence-corrected chi connectivity index (χ0v) is 14.6. The van der Waals surface area contributed by atoms with Gasteiger partial charge in [-0.05, 0) is 30.5 Å². The van der Waals surface area contributed by atoms with E-state index in [1.165, 1.54) is 4.57 Å². The highest BCUT2D eigenvalue weighted by Crippen LogP contribution is 2.17. The highest BCUT2D eigenvalue weighted by atomic mass is 16.5. The van der Waals surface area contributed by atoms with Gasteiger partial charge >= 0.3 is 5.69 Å². The fraction of sp³-hybridized carbons (Fsp3) is 0.333. The minimum absolute atomic E-state index is 0.231. The van der Waals surface area contributed by atoms with Gasteiger partial charge in [-0.3, -0.25) is 13.9 Å². The number of nitrogens with zero attached hydrogens (tertiary/aromatic N) is 2. The van der Waals surface area contributed by atoms with Gasteiger partial charge < -0.3 is 4.74 Å². The number of hydrogen-bond donors (Lipinski definition) is 0. The summed E-state index contributed by atoms with van der Waals surface area (Å²) in [5.74, 6) is 0.299. The summed E-state index contributed by atoms with van der Waals surface area (Å²) in [5.41, 5.74) is 1.17. The first-order chi connectivity index (χ1) is 12.7. The average Bonchev–Trinajstić information content (AvgIpc) is 2.70. The Kier molecular flexibility index (Phi) is 4.71. The number of benzene rings is 2. The summed E-state index contributed by atoms with van der Waals surface area (Å²) < 4.78 is 8.67. The van der Waals surface area contributed by atoms with Gasteiger partial charge in [-0.2, -0.15) is 0 Å². The number of para-hydroxylation sites is 1. The number of ether oxygens (including phenoxy) is 1. The van der Waals surface area contributed by atoms with E-state index in [0.717, 1.165) is 25.0 Å². The lowest BCUT2D eigenvalue weighted by atomic mass is 10.0. The topological polar surface area (TPSA) is 53.2 Å². The second-order valence-corrected chi connectivity index (χ2v) is 6.87. The fourth-order valence-corrected chi connectivity index (χ4v) is 3.66. The number of hydrogen-bond acceptors (Lipinski definition) is 3. The van der Waals surface area contributed by atoms with Gasteiger partial charge in [0.1, 0.15) is 0 Å². The summed E-state index contributed by atoms with van der Waals surface area (Å²) in [5, 5.41) is 0.583. The largest absolute Gasteiger partial charge is 0.381 e. The van der Waals surface area contributed by atoms with Crippen molar-refractivity contribution in [3.63, 3.8) is 0 Å². The maximum atomic E-state index is 13.2. The number of fused-ring (bicyclic) bond motifs is 1. The molecule has 1 aromatic heterocycles. The zero-order valence-electron chi connectivity index (χ0n) is 14.6. The molecule has 0 bridgehead atoms. The smallest absolute Gasteiger partial charge is 0.331 e. The monoisotopic (exact) mass is 350 g/mol. The molecule has 2 heterocycles. The van der Waals surface area contributed by atoms with Crippen molar-refractivity contribution in [2.75, 3.05) is 13.2 Å². The van der Waals surface area contributed by atoms with Gasteiger partial charge in [0.2, 0.25) is 0 Å². The summed E-state index contributed by atoms with van der Waals surface area (Å²) >= 11 is 0. The molecule has 26 heavy (non-hydrogen) atoms.